The van der Waals surface area contributed by atoms with Crippen LogP contribution in [0.2, 0.25) is 0 Å². The number of aliphatic carboxylic acids is 4. The Kier molecular flexibility index (Phi) is 16.7. The van der Waals surface area contributed by atoms with Crippen LogP contribution in [-0.4, -0.2) is 70.7 Å². The molecule has 0 N–H and O–H groups in total. The van der Waals surface area contributed by atoms with E-state index in [1.165, 1.54) is 0 Å². The van der Waals surface area contributed by atoms with Gasteiger partial charge in [0, 0.05) is 23.8 Å². The summed E-state index contributed by atoms with van der Waals surface area (Å²) in [4.78, 5) is 40.1. The summed E-state index contributed by atoms with van der Waals surface area (Å²) in [5.74, 6) is -55.0. The minimum atomic E-state index is -6.65. The fourth-order valence-corrected chi connectivity index (χ4v) is 2.77. The first-order valence-electron chi connectivity index (χ1n) is 10.5. The topological polar surface area (TPSA) is 161 Å². The molecule has 44 heavy (non-hydrogen) atoms. The molecule has 0 aromatic carbocycles. The maximum absolute atomic E-state index is 13.8. The van der Waals surface area contributed by atoms with Gasteiger partial charge in [-0.15, -0.1) is 0 Å². The Morgan fingerprint density at radius 2 is 0.659 bits per heavy atom. The SMILES string of the molecule is CC(CC(=O)[O-])C(C)(F)C(F)(F)C(F)(F)C(F)(F)C(=O)[O-].CC(CC(=O)[O-])C(C)(F)C(F)(F)C(F)(F)C(F)(F)C(=O)[O-].[Cu+2].[Cu+2]. The van der Waals surface area contributed by atoms with Crippen LogP contribution in [0.5, 0.6) is 0 Å². The maximum atomic E-state index is 13.8. The van der Waals surface area contributed by atoms with E-state index in [2.05, 4.69) is 0 Å². The molecule has 0 bridgehead atoms. The zero-order valence-corrected chi connectivity index (χ0v) is 23.6. The number of carboxylic acids is 4. The van der Waals surface area contributed by atoms with Gasteiger partial charge in [0.25, 0.3) is 0 Å². The van der Waals surface area contributed by atoms with Crippen LogP contribution in [0.4, 0.5) is 61.5 Å². The number of carboxylic acid groups (broad SMARTS) is 4. The molecule has 0 aliphatic heterocycles. The standard InChI is InChI=1S/2C10H11F7O4.2Cu/c2*1-4(3-5(18)19)7(2,11)9(14,15)10(16,17)8(12,13)6(20)21;;/h2*4H,3H2,1-2H3,(H,18,19)(H,20,21);;/q;;2*+2/p-4. The van der Waals surface area contributed by atoms with Crippen LogP contribution in [0.25, 0.3) is 0 Å². The third-order valence-corrected chi connectivity index (χ3v) is 6.11. The molecule has 0 heterocycles. The average molecular weight is 779 g/mol. The van der Waals surface area contributed by atoms with Gasteiger partial charge in [-0.05, 0) is 26.7 Å². The van der Waals surface area contributed by atoms with Crippen LogP contribution in [0, 0.1) is 11.8 Å². The second-order valence-electron chi connectivity index (χ2n) is 9.13. The van der Waals surface area contributed by atoms with Crippen LogP contribution < -0.4 is 20.4 Å². The Labute approximate surface area is 258 Å². The number of hydrogen-bond acceptors (Lipinski definition) is 8. The molecule has 2 radical (unpaired) electrons. The Morgan fingerprint density at radius 3 is 0.795 bits per heavy atom. The molecular formula is C20H18Cu2F14O8. The average Bonchev–Trinajstić information content (AvgIpc) is 2.77. The normalized spacial score (nSPS) is 17.1. The van der Waals surface area contributed by atoms with Crippen molar-refractivity contribution in [3.05, 3.63) is 0 Å². The van der Waals surface area contributed by atoms with E-state index in [0.717, 1.165) is 0 Å². The van der Waals surface area contributed by atoms with E-state index in [0.29, 0.717) is 13.8 Å². The van der Waals surface area contributed by atoms with E-state index in [1.807, 2.05) is 0 Å². The number of carbonyl (C=O) groups is 4. The van der Waals surface area contributed by atoms with Gasteiger partial charge >= 0.3 is 69.7 Å². The summed E-state index contributed by atoms with van der Waals surface area (Å²) in [6, 6.07) is 0. The third kappa shape index (κ3) is 8.59. The molecule has 0 aliphatic carbocycles. The summed E-state index contributed by atoms with van der Waals surface area (Å²) in [6.45, 7) is 0.410. The number of rotatable bonds is 14. The van der Waals surface area contributed by atoms with Crippen molar-refractivity contribution in [2.24, 2.45) is 11.8 Å². The van der Waals surface area contributed by atoms with E-state index in [9.17, 15) is 101 Å². The summed E-state index contributed by atoms with van der Waals surface area (Å²) in [6.07, 6.45) is -2.95. The van der Waals surface area contributed by atoms with Crippen LogP contribution >= 0.6 is 0 Å². The summed E-state index contributed by atoms with van der Waals surface area (Å²) >= 11 is 0. The molecule has 0 amide bonds. The Morgan fingerprint density at radius 1 is 0.477 bits per heavy atom. The summed E-state index contributed by atoms with van der Waals surface area (Å²) in [5.41, 5.74) is -8.93. The first kappa shape index (κ1) is 48.8. The Bertz CT molecular complexity index is 958. The van der Waals surface area contributed by atoms with E-state index in [4.69, 9.17) is 0 Å². The second kappa shape index (κ2) is 15.0. The van der Waals surface area contributed by atoms with Crippen molar-refractivity contribution in [2.45, 2.75) is 87.4 Å². The van der Waals surface area contributed by atoms with Crippen LogP contribution in [-0.2, 0) is 53.3 Å². The van der Waals surface area contributed by atoms with Crippen LogP contribution in [0.1, 0.15) is 40.5 Å². The van der Waals surface area contributed by atoms with Gasteiger partial charge in [0.2, 0.25) is 0 Å². The van der Waals surface area contributed by atoms with Gasteiger partial charge in [0.05, 0.1) is 0 Å². The van der Waals surface area contributed by atoms with Gasteiger partial charge in [0.1, 0.15) is 11.9 Å². The molecule has 266 valence electrons. The zero-order chi connectivity index (χ0) is 34.9. The fraction of sp³-hybridized carbons (Fsp3) is 0.800. The number of hydrogen-bond donors (Lipinski definition) is 0. The molecule has 0 saturated heterocycles. The predicted octanol–water partition coefficient (Wildman–Crippen LogP) is 0.288. The van der Waals surface area contributed by atoms with E-state index in [1.54, 1.807) is 0 Å². The van der Waals surface area contributed by atoms with Crippen LogP contribution in [0.15, 0.2) is 0 Å². The van der Waals surface area contributed by atoms with Crippen molar-refractivity contribution < 1.29 is 135 Å². The molecule has 8 nitrogen and oxygen atoms in total. The smallest absolute Gasteiger partial charge is 0.550 e. The Hall–Kier alpha value is -2.06. The Balaban J connectivity index is -0.000000348. The van der Waals surface area contributed by atoms with E-state index in [-0.39, 0.29) is 48.0 Å². The predicted molar refractivity (Wildman–Crippen MR) is 96.3 cm³/mol. The zero-order valence-electron chi connectivity index (χ0n) is 21.7. The monoisotopic (exact) mass is 778 g/mol. The van der Waals surface area contributed by atoms with Crippen molar-refractivity contribution in [1.29, 1.82) is 0 Å². The summed E-state index contributed by atoms with van der Waals surface area (Å²) in [5, 5.41) is 40.1. The minimum Gasteiger partial charge on any atom is -0.550 e. The van der Waals surface area contributed by atoms with Crippen molar-refractivity contribution in [2.75, 3.05) is 0 Å². The second-order valence-corrected chi connectivity index (χ2v) is 9.13. The van der Waals surface area contributed by atoms with E-state index < -0.39 is 95.4 Å². The van der Waals surface area contributed by atoms with Crippen molar-refractivity contribution in [3.63, 3.8) is 0 Å². The molecule has 0 aliphatic rings. The molecular weight excluding hydrogens is 761 g/mol. The summed E-state index contributed by atoms with van der Waals surface area (Å²) < 4.78 is 185. The van der Waals surface area contributed by atoms with Crippen molar-refractivity contribution in [3.8, 4) is 0 Å². The van der Waals surface area contributed by atoms with Gasteiger partial charge in [-0.1, -0.05) is 13.8 Å². The maximum Gasteiger partial charge on any atom is 2.00 e. The van der Waals surface area contributed by atoms with Gasteiger partial charge in [-0.3, -0.25) is 0 Å². The van der Waals surface area contributed by atoms with Gasteiger partial charge < -0.3 is 39.6 Å². The largest absolute Gasteiger partial charge is 2.00 e. The molecule has 0 aromatic heterocycles. The van der Waals surface area contributed by atoms with Crippen LogP contribution in [0.3, 0.4) is 0 Å². The first-order chi connectivity index (χ1) is 18.1. The molecule has 0 aromatic rings. The number of carbonyl (C=O) groups excluding carboxylic acids is 4. The summed E-state index contributed by atoms with van der Waals surface area (Å²) in [7, 11) is 0. The molecule has 0 saturated carbocycles. The molecule has 0 spiro atoms. The van der Waals surface area contributed by atoms with Gasteiger partial charge in [-0.2, -0.15) is 52.7 Å². The molecule has 0 rings (SSSR count). The van der Waals surface area contributed by atoms with E-state index >= 15 is 0 Å². The van der Waals surface area contributed by atoms with Crippen molar-refractivity contribution >= 4 is 23.9 Å². The van der Waals surface area contributed by atoms with Gasteiger partial charge in [0.15, 0.2) is 11.3 Å². The quantitative estimate of drug-likeness (QED) is 0.180. The number of halogens is 14. The van der Waals surface area contributed by atoms with Gasteiger partial charge in [-0.25, -0.2) is 8.78 Å². The molecule has 0 fully saturated rings. The molecule has 24 heteroatoms. The molecule has 4 unspecified atom stereocenters. The van der Waals surface area contributed by atoms with Crippen molar-refractivity contribution in [1.82, 2.24) is 0 Å². The molecule has 4 atom stereocenters. The third-order valence-electron chi connectivity index (χ3n) is 6.11. The minimum absolute atomic E-state index is 0. The fourth-order valence-electron chi connectivity index (χ4n) is 2.77. The first-order valence-corrected chi connectivity index (χ1v) is 10.5. The number of alkyl halides is 14.